The smallest absolute Gasteiger partial charge is 0.305 e. The molecule has 0 aromatic heterocycles. The molecule has 516 valence electrons. The highest BCUT2D eigenvalue weighted by atomic mass is 16.5. The summed E-state index contributed by atoms with van der Waals surface area (Å²) in [6.45, 7) is 4.95. The zero-order chi connectivity index (χ0) is 62.8. The van der Waals surface area contributed by atoms with Crippen LogP contribution in [-0.4, -0.2) is 47.4 Å². The van der Waals surface area contributed by atoms with Crippen LogP contribution in [0.1, 0.15) is 457 Å². The van der Waals surface area contributed by atoms with Crippen LogP contribution < -0.4 is 5.32 Å². The molecule has 3 N–H and O–H groups in total. The van der Waals surface area contributed by atoms with Crippen LogP contribution in [0.25, 0.3) is 0 Å². The second-order valence-electron chi connectivity index (χ2n) is 27.8. The first-order valence-electron chi connectivity index (χ1n) is 40.1. The summed E-state index contributed by atoms with van der Waals surface area (Å²) in [5.74, 6) is -0.0454. The minimum atomic E-state index is -0.843. The number of carbonyl (C=O) groups excluding carboxylic acids is 2. The molecule has 0 aliphatic carbocycles. The molecule has 0 aromatic carbocycles. The van der Waals surface area contributed by atoms with Gasteiger partial charge in [0.2, 0.25) is 5.91 Å². The van der Waals surface area contributed by atoms with Crippen LogP contribution in [-0.2, 0) is 14.3 Å². The number of nitrogens with one attached hydrogen (secondary N) is 1. The summed E-state index contributed by atoms with van der Waals surface area (Å²) in [5, 5.41) is 23.3. The maximum atomic E-state index is 12.6. The molecule has 0 bridgehead atoms. The van der Waals surface area contributed by atoms with Crippen LogP contribution in [0.4, 0.5) is 0 Å². The van der Waals surface area contributed by atoms with Crippen molar-refractivity contribution in [3.63, 3.8) is 0 Å². The molecule has 0 aliphatic heterocycles. The fraction of sp³-hybridized carbons (Fsp3) is 0.926. The van der Waals surface area contributed by atoms with Gasteiger partial charge in [0.25, 0.3) is 0 Å². The molecule has 6 heteroatoms. The van der Waals surface area contributed by atoms with E-state index in [4.69, 9.17) is 4.74 Å². The molecule has 6 nitrogen and oxygen atoms in total. The van der Waals surface area contributed by atoms with Gasteiger partial charge in [-0.3, -0.25) is 9.59 Å². The van der Waals surface area contributed by atoms with Crippen molar-refractivity contribution < 1.29 is 24.5 Å². The van der Waals surface area contributed by atoms with Crippen molar-refractivity contribution in [2.45, 2.75) is 469 Å². The summed E-state index contributed by atoms with van der Waals surface area (Å²) in [6.07, 6.45) is 98.8. The SMILES string of the molecule is CCCCCCC/C=C\CCCCCCCC(=O)OCCCCCCCCCCCCCCCCCCCCCCCCCCCCCCCCCC(=O)NC(CO)C(O)/C=C/CCCCCCCCCCCCCCCCCCCCCCCCC. The minimum Gasteiger partial charge on any atom is -0.466 e. The highest BCUT2D eigenvalue weighted by molar-refractivity contribution is 5.76. The quantitative estimate of drug-likeness (QED) is 0.0320. The maximum Gasteiger partial charge on any atom is 0.305 e. The molecule has 0 rings (SSSR count). The van der Waals surface area contributed by atoms with Gasteiger partial charge < -0.3 is 20.3 Å². The number of carbonyl (C=O) groups is 2. The number of aliphatic hydroxyl groups is 2. The predicted octanol–water partition coefficient (Wildman–Crippen LogP) is 26.4. The van der Waals surface area contributed by atoms with Gasteiger partial charge in [0.05, 0.1) is 25.4 Å². The van der Waals surface area contributed by atoms with E-state index in [0.717, 1.165) is 44.9 Å². The first-order valence-corrected chi connectivity index (χ1v) is 40.1. The Labute approximate surface area is 545 Å². The monoisotopic (exact) mass is 1220 g/mol. The lowest BCUT2D eigenvalue weighted by Crippen LogP contribution is -2.45. The lowest BCUT2D eigenvalue weighted by Gasteiger charge is -2.20. The van der Waals surface area contributed by atoms with Gasteiger partial charge in [0.15, 0.2) is 0 Å². The van der Waals surface area contributed by atoms with Crippen LogP contribution in [0, 0.1) is 0 Å². The second-order valence-corrected chi connectivity index (χ2v) is 27.8. The van der Waals surface area contributed by atoms with E-state index in [9.17, 15) is 19.8 Å². The summed E-state index contributed by atoms with van der Waals surface area (Å²) in [7, 11) is 0. The van der Waals surface area contributed by atoms with Crippen LogP contribution in [0.2, 0.25) is 0 Å². The number of hydrogen-bond acceptors (Lipinski definition) is 5. The molecule has 2 unspecified atom stereocenters. The van der Waals surface area contributed by atoms with Crippen LogP contribution in [0.15, 0.2) is 24.3 Å². The molecule has 0 heterocycles. The number of hydrogen-bond donors (Lipinski definition) is 3. The van der Waals surface area contributed by atoms with E-state index >= 15 is 0 Å². The molecule has 1 amide bonds. The highest BCUT2D eigenvalue weighted by Gasteiger charge is 2.18. The normalized spacial score (nSPS) is 12.6. The van der Waals surface area contributed by atoms with Gasteiger partial charge in [-0.15, -0.1) is 0 Å². The van der Waals surface area contributed by atoms with Crippen molar-refractivity contribution in [2.75, 3.05) is 13.2 Å². The van der Waals surface area contributed by atoms with E-state index < -0.39 is 12.1 Å². The van der Waals surface area contributed by atoms with E-state index in [1.54, 1.807) is 6.08 Å². The van der Waals surface area contributed by atoms with Gasteiger partial charge in [-0.1, -0.05) is 411 Å². The largest absolute Gasteiger partial charge is 0.466 e. The predicted molar refractivity (Wildman–Crippen MR) is 384 cm³/mol. The molecular formula is C81H157NO5. The Morgan fingerprint density at radius 3 is 0.816 bits per heavy atom. The number of allylic oxidation sites excluding steroid dienone is 3. The van der Waals surface area contributed by atoms with Crippen LogP contribution in [0.3, 0.4) is 0 Å². The van der Waals surface area contributed by atoms with Crippen molar-refractivity contribution >= 4 is 11.9 Å². The summed E-state index contributed by atoms with van der Waals surface area (Å²) in [4.78, 5) is 24.6. The Hall–Kier alpha value is -1.66. The van der Waals surface area contributed by atoms with Crippen LogP contribution in [0.5, 0.6) is 0 Å². The van der Waals surface area contributed by atoms with Gasteiger partial charge in [-0.2, -0.15) is 0 Å². The number of esters is 1. The number of amides is 1. The highest BCUT2D eigenvalue weighted by Crippen LogP contribution is 2.20. The zero-order valence-electron chi connectivity index (χ0n) is 59.3. The lowest BCUT2D eigenvalue weighted by atomic mass is 10.0. The third-order valence-electron chi connectivity index (χ3n) is 19.0. The van der Waals surface area contributed by atoms with Crippen molar-refractivity contribution in [1.82, 2.24) is 5.32 Å². The first kappa shape index (κ1) is 85.3. The second kappa shape index (κ2) is 76.8. The lowest BCUT2D eigenvalue weighted by molar-refractivity contribution is -0.143. The van der Waals surface area contributed by atoms with E-state index in [2.05, 4.69) is 31.3 Å². The Balaban J connectivity index is 3.36. The van der Waals surface area contributed by atoms with E-state index in [-0.39, 0.29) is 18.5 Å². The molecule has 0 aromatic rings. The van der Waals surface area contributed by atoms with Crippen molar-refractivity contribution in [1.29, 1.82) is 0 Å². The van der Waals surface area contributed by atoms with Gasteiger partial charge >= 0.3 is 5.97 Å². The third kappa shape index (κ3) is 73.3. The number of ether oxygens (including phenoxy) is 1. The van der Waals surface area contributed by atoms with Gasteiger partial charge in [-0.25, -0.2) is 0 Å². The number of aliphatic hydroxyl groups excluding tert-OH is 2. The van der Waals surface area contributed by atoms with Crippen LogP contribution >= 0.6 is 0 Å². The van der Waals surface area contributed by atoms with Crippen molar-refractivity contribution in [2.24, 2.45) is 0 Å². The summed E-state index contributed by atoms with van der Waals surface area (Å²) < 4.78 is 5.49. The maximum absolute atomic E-state index is 12.6. The summed E-state index contributed by atoms with van der Waals surface area (Å²) in [5.41, 5.74) is 0. The minimum absolute atomic E-state index is 0.0128. The average molecular weight is 1230 g/mol. The number of rotatable bonds is 76. The molecule has 0 spiro atoms. The Kier molecular flexibility index (Phi) is 75.3. The zero-order valence-corrected chi connectivity index (χ0v) is 59.3. The summed E-state index contributed by atoms with van der Waals surface area (Å²) >= 11 is 0. The topological polar surface area (TPSA) is 95.9 Å². The van der Waals surface area contributed by atoms with E-state index in [1.807, 2.05) is 6.08 Å². The fourth-order valence-corrected chi connectivity index (χ4v) is 12.9. The Morgan fingerprint density at radius 1 is 0.310 bits per heavy atom. The molecule has 0 fully saturated rings. The van der Waals surface area contributed by atoms with E-state index in [1.165, 1.54) is 385 Å². The number of unbranched alkanes of at least 4 members (excludes halogenated alkanes) is 63. The summed E-state index contributed by atoms with van der Waals surface area (Å²) in [6, 6.07) is -0.626. The molecular weight excluding hydrogens is 1070 g/mol. The van der Waals surface area contributed by atoms with Gasteiger partial charge in [0.1, 0.15) is 0 Å². The Bertz CT molecular complexity index is 1360. The standard InChI is InChI=1S/C81H157NO5/c1-3-5-7-9-11-13-15-17-19-20-21-22-23-31-34-37-40-43-46-49-53-57-61-65-69-73-79(84)78(77-83)82-80(85)74-70-66-62-58-54-50-47-44-41-38-35-32-29-27-25-24-26-28-30-33-36-39-42-45-48-52-56-60-64-68-72-76-87-81(86)75-71-67-63-59-55-51-18-16-14-12-10-8-6-4-2/h16,18,69,73,78-79,83-84H,3-15,17,19-68,70-72,74-77H2,1-2H3,(H,82,85)/b18-16-,73-69+. The molecule has 87 heavy (non-hydrogen) atoms. The Morgan fingerprint density at radius 2 is 0.540 bits per heavy atom. The van der Waals surface area contributed by atoms with E-state index in [0.29, 0.717) is 19.4 Å². The van der Waals surface area contributed by atoms with Crippen molar-refractivity contribution in [3.8, 4) is 0 Å². The molecule has 0 radical (unpaired) electrons. The van der Waals surface area contributed by atoms with Gasteiger partial charge in [0, 0.05) is 12.8 Å². The first-order chi connectivity index (χ1) is 43.0. The third-order valence-corrected chi connectivity index (χ3v) is 19.0. The molecule has 0 saturated carbocycles. The molecule has 0 saturated heterocycles. The van der Waals surface area contributed by atoms with Crippen molar-refractivity contribution in [3.05, 3.63) is 24.3 Å². The fourth-order valence-electron chi connectivity index (χ4n) is 12.9. The van der Waals surface area contributed by atoms with Gasteiger partial charge in [-0.05, 0) is 57.8 Å². The average Bonchev–Trinajstić information content (AvgIpc) is 3.52. The molecule has 2 atom stereocenters. The molecule has 0 aliphatic rings.